The standard InChI is InChI=1S/C30H29ClF2N6O4S/c1-30(11-16(12-30)27(40)41)17-13-35-29(36-14-17)39-8-5-15(6-9-39)23-20(28(42)43-2)24(18-3-4-19(32)22(33)21(18)31)38-25(37-23)26-34-7-10-44-26/h3-4,7,10,13-16,24H,5-6,8-9,11-12H2,1-2H3,(H,37,38)(H,40,41). The van der Waals surface area contributed by atoms with Crippen molar-refractivity contribution in [1.82, 2.24) is 20.3 Å². The number of carbonyl (C=O) groups excluding carboxylic acids is 1. The number of ether oxygens (including phenoxy) is 1. The molecule has 0 amide bonds. The number of hydrogen-bond acceptors (Lipinski definition) is 10. The maximum atomic E-state index is 14.6. The lowest BCUT2D eigenvalue weighted by Gasteiger charge is -2.43. The lowest BCUT2D eigenvalue weighted by Crippen LogP contribution is -2.43. The number of amidine groups is 1. The summed E-state index contributed by atoms with van der Waals surface area (Å²) in [7, 11) is 1.26. The number of benzene rings is 1. The summed E-state index contributed by atoms with van der Waals surface area (Å²) < 4.78 is 33.7. The quantitative estimate of drug-likeness (QED) is 0.269. The van der Waals surface area contributed by atoms with Gasteiger partial charge in [-0.3, -0.25) is 9.79 Å². The van der Waals surface area contributed by atoms with Crippen LogP contribution in [-0.2, 0) is 19.7 Å². The number of halogens is 3. The summed E-state index contributed by atoms with van der Waals surface area (Å²) in [5.74, 6) is -3.26. The molecule has 0 spiro atoms. The molecule has 2 N–H and O–H groups in total. The van der Waals surface area contributed by atoms with Crippen molar-refractivity contribution in [3.8, 4) is 0 Å². The lowest BCUT2D eigenvalue weighted by molar-refractivity contribution is -0.147. The third kappa shape index (κ3) is 5.43. The Morgan fingerprint density at radius 1 is 1.16 bits per heavy atom. The molecule has 1 saturated heterocycles. The fourth-order valence-corrected chi connectivity index (χ4v) is 7.09. The highest BCUT2D eigenvalue weighted by Gasteiger charge is 2.45. The van der Waals surface area contributed by atoms with Gasteiger partial charge in [-0.05, 0) is 42.7 Å². The number of aromatic nitrogens is 3. The minimum absolute atomic E-state index is 0.139. The summed E-state index contributed by atoms with van der Waals surface area (Å²) in [6.07, 6.45) is 7.54. The number of allylic oxidation sites excluding steroid dienone is 1. The molecule has 0 radical (unpaired) electrons. The van der Waals surface area contributed by atoms with E-state index in [-0.39, 0.29) is 28.4 Å². The summed E-state index contributed by atoms with van der Waals surface area (Å²) in [5, 5.41) is 14.5. The van der Waals surface area contributed by atoms with Crippen molar-refractivity contribution in [2.75, 3.05) is 25.1 Å². The number of aliphatic imine (C=N–C) groups is 1. The molecule has 3 aliphatic rings. The van der Waals surface area contributed by atoms with Crippen molar-refractivity contribution in [2.45, 2.75) is 44.1 Å². The Morgan fingerprint density at radius 3 is 2.48 bits per heavy atom. The van der Waals surface area contributed by atoms with Crippen molar-refractivity contribution < 1.29 is 28.2 Å². The van der Waals surface area contributed by atoms with Gasteiger partial charge in [-0.1, -0.05) is 24.6 Å². The molecule has 1 unspecified atom stereocenters. The van der Waals surface area contributed by atoms with Crippen molar-refractivity contribution in [1.29, 1.82) is 0 Å². The molecule has 14 heteroatoms. The highest BCUT2D eigenvalue weighted by Crippen LogP contribution is 2.47. The van der Waals surface area contributed by atoms with Crippen molar-refractivity contribution in [2.24, 2.45) is 16.8 Å². The first-order valence-electron chi connectivity index (χ1n) is 14.1. The topological polar surface area (TPSA) is 130 Å². The molecule has 4 heterocycles. The molecule has 44 heavy (non-hydrogen) atoms. The number of esters is 1. The summed E-state index contributed by atoms with van der Waals surface area (Å²) in [5.41, 5.74) is 1.56. The normalized spacial score (nSPS) is 23.9. The first-order valence-corrected chi connectivity index (χ1v) is 15.4. The fraction of sp³-hybridized carbons (Fsp3) is 0.400. The highest BCUT2D eigenvalue weighted by molar-refractivity contribution is 7.11. The number of thiazole rings is 1. The van der Waals surface area contributed by atoms with Crippen LogP contribution in [0.3, 0.4) is 0 Å². The molecule has 1 aliphatic carbocycles. The zero-order valence-electron chi connectivity index (χ0n) is 23.9. The number of carboxylic acid groups (broad SMARTS) is 1. The molecule has 1 saturated carbocycles. The van der Waals surface area contributed by atoms with Crippen LogP contribution in [0.2, 0.25) is 5.02 Å². The number of carboxylic acids is 1. The van der Waals surface area contributed by atoms with Gasteiger partial charge >= 0.3 is 11.9 Å². The van der Waals surface area contributed by atoms with E-state index in [4.69, 9.17) is 21.3 Å². The van der Waals surface area contributed by atoms with Gasteiger partial charge in [0.05, 0.1) is 23.6 Å². The molecule has 2 aromatic heterocycles. The van der Waals surface area contributed by atoms with Crippen LogP contribution in [0.4, 0.5) is 14.7 Å². The van der Waals surface area contributed by atoms with E-state index in [1.807, 2.05) is 6.92 Å². The Kier molecular flexibility index (Phi) is 8.10. The molecule has 6 rings (SSSR count). The number of carbonyl (C=O) groups is 2. The van der Waals surface area contributed by atoms with E-state index in [2.05, 4.69) is 25.2 Å². The Balaban J connectivity index is 1.27. The Hall–Kier alpha value is -3.97. The maximum absolute atomic E-state index is 14.6. The van der Waals surface area contributed by atoms with Crippen LogP contribution in [-0.4, -0.2) is 58.0 Å². The number of methoxy groups -OCH3 is 1. The largest absolute Gasteiger partial charge is 0.481 e. The molecule has 2 aliphatic heterocycles. The van der Waals surface area contributed by atoms with E-state index in [1.54, 1.807) is 24.0 Å². The van der Waals surface area contributed by atoms with Gasteiger partial charge in [0.2, 0.25) is 5.95 Å². The summed E-state index contributed by atoms with van der Waals surface area (Å²) >= 11 is 7.62. The molecular weight excluding hydrogens is 614 g/mol. The predicted octanol–water partition coefficient (Wildman–Crippen LogP) is 5.05. The van der Waals surface area contributed by atoms with Crippen LogP contribution in [0.1, 0.15) is 54.8 Å². The molecule has 1 aromatic carbocycles. The van der Waals surface area contributed by atoms with Crippen molar-refractivity contribution in [3.05, 3.63) is 80.2 Å². The van der Waals surface area contributed by atoms with Crippen LogP contribution < -0.4 is 10.2 Å². The van der Waals surface area contributed by atoms with Crippen molar-refractivity contribution in [3.63, 3.8) is 0 Å². The van der Waals surface area contributed by atoms with Crippen LogP contribution >= 0.6 is 22.9 Å². The second kappa shape index (κ2) is 11.8. The smallest absolute Gasteiger partial charge is 0.338 e. The van der Waals surface area contributed by atoms with Gasteiger partial charge < -0.3 is 20.1 Å². The molecular formula is C30H29ClF2N6O4S. The Morgan fingerprint density at radius 2 is 1.86 bits per heavy atom. The third-order valence-corrected chi connectivity index (χ3v) is 9.90. The first kappa shape index (κ1) is 30.1. The summed E-state index contributed by atoms with van der Waals surface area (Å²) in [4.78, 5) is 44.8. The van der Waals surface area contributed by atoms with E-state index in [1.165, 1.54) is 24.5 Å². The number of piperidine rings is 1. The molecule has 2 fully saturated rings. The molecule has 230 valence electrons. The number of nitrogens with one attached hydrogen (secondary N) is 1. The first-order chi connectivity index (χ1) is 21.1. The van der Waals surface area contributed by atoms with Crippen LogP contribution in [0.15, 0.2) is 52.4 Å². The number of nitrogens with zero attached hydrogens (tertiary/aromatic N) is 5. The summed E-state index contributed by atoms with van der Waals surface area (Å²) in [6.45, 7) is 3.20. The maximum Gasteiger partial charge on any atom is 0.338 e. The number of hydrogen-bond donors (Lipinski definition) is 2. The zero-order chi connectivity index (χ0) is 31.2. The number of aliphatic carboxylic acids is 1. The van der Waals surface area contributed by atoms with Gasteiger partial charge in [0.25, 0.3) is 0 Å². The van der Waals surface area contributed by atoms with Crippen LogP contribution in [0, 0.1) is 23.5 Å². The summed E-state index contributed by atoms with van der Waals surface area (Å²) in [6, 6.07) is 1.24. The second-order valence-corrected chi connectivity index (χ2v) is 12.7. The molecule has 0 bridgehead atoms. The van der Waals surface area contributed by atoms with Crippen LogP contribution in [0.25, 0.3) is 0 Å². The zero-order valence-corrected chi connectivity index (χ0v) is 25.5. The molecule has 10 nitrogen and oxygen atoms in total. The van der Waals surface area contributed by atoms with E-state index in [0.717, 1.165) is 11.6 Å². The van der Waals surface area contributed by atoms with E-state index in [9.17, 15) is 23.5 Å². The number of rotatable bonds is 7. The van der Waals surface area contributed by atoms with Gasteiger partial charge in [-0.15, -0.1) is 11.3 Å². The Labute approximate surface area is 260 Å². The predicted molar refractivity (Wildman–Crippen MR) is 160 cm³/mol. The van der Waals surface area contributed by atoms with E-state index >= 15 is 0 Å². The molecule has 3 aromatic rings. The highest BCUT2D eigenvalue weighted by atomic mass is 35.5. The van der Waals surface area contributed by atoms with Gasteiger partial charge in [-0.2, -0.15) is 0 Å². The minimum Gasteiger partial charge on any atom is -0.481 e. The van der Waals surface area contributed by atoms with Gasteiger partial charge in [0.1, 0.15) is 6.04 Å². The minimum atomic E-state index is -1.22. The van der Waals surface area contributed by atoms with Crippen molar-refractivity contribution >= 4 is 46.7 Å². The van der Waals surface area contributed by atoms with E-state index < -0.39 is 34.6 Å². The van der Waals surface area contributed by atoms with Crippen LogP contribution in [0.5, 0.6) is 0 Å². The average Bonchev–Trinajstić information content (AvgIpc) is 3.57. The third-order valence-electron chi connectivity index (χ3n) is 8.74. The lowest BCUT2D eigenvalue weighted by atomic mass is 9.60. The average molecular weight is 643 g/mol. The monoisotopic (exact) mass is 642 g/mol. The van der Waals surface area contributed by atoms with E-state index in [0.29, 0.717) is 61.3 Å². The SMILES string of the molecule is COC(=O)C1=C(C2CCN(c3ncc(C4(C)CC(C(=O)O)C4)cn3)CC2)NC(c2nccs2)=NC1c1ccc(F)c(F)c1Cl. The molecule has 1 atom stereocenters. The fourth-order valence-electron chi connectivity index (χ4n) is 6.25. The Bertz CT molecular complexity index is 1650. The van der Waals surface area contributed by atoms with Gasteiger partial charge in [0, 0.05) is 54.2 Å². The second-order valence-electron chi connectivity index (χ2n) is 11.5. The van der Waals surface area contributed by atoms with Gasteiger partial charge in [-0.25, -0.2) is 28.5 Å². The van der Waals surface area contributed by atoms with Gasteiger partial charge in [0.15, 0.2) is 22.5 Å². The number of anilines is 1.